The molecule has 1 aliphatic heterocycles. The predicted octanol–water partition coefficient (Wildman–Crippen LogP) is 2.99. The lowest BCUT2D eigenvalue weighted by molar-refractivity contribution is -0.132. The van der Waals surface area contributed by atoms with Crippen LogP contribution in [0.2, 0.25) is 0 Å². The predicted molar refractivity (Wildman–Crippen MR) is 120 cm³/mol. The van der Waals surface area contributed by atoms with E-state index in [1.54, 1.807) is 10.6 Å². The van der Waals surface area contributed by atoms with Gasteiger partial charge in [-0.05, 0) is 56.0 Å². The number of aromatic nitrogens is 2. The number of hydrogen-bond acceptors (Lipinski definition) is 4. The number of carbonyl (C=O) groups is 2. The molecular weight excluding hydrogens is 400 g/mol. The summed E-state index contributed by atoms with van der Waals surface area (Å²) in [6, 6.07) is 7.38. The Labute approximate surface area is 181 Å². The van der Waals surface area contributed by atoms with Crippen molar-refractivity contribution < 1.29 is 9.59 Å². The van der Waals surface area contributed by atoms with Crippen molar-refractivity contribution in [3.05, 3.63) is 39.4 Å². The fraction of sp³-hybridized carbons (Fsp3) is 0.545. The number of unbranched alkanes of at least 4 members (excludes halogenated alkanes) is 2. The normalized spacial score (nSPS) is 14.8. The van der Waals surface area contributed by atoms with Gasteiger partial charge in [-0.1, -0.05) is 18.6 Å². The molecule has 1 fully saturated rings. The van der Waals surface area contributed by atoms with E-state index >= 15 is 0 Å². The molecule has 2 amide bonds. The lowest BCUT2D eigenvalue weighted by Crippen LogP contribution is -2.41. The summed E-state index contributed by atoms with van der Waals surface area (Å²) in [7, 11) is 0. The van der Waals surface area contributed by atoms with Crippen LogP contribution >= 0.6 is 12.2 Å². The Bertz CT molecular complexity index is 1010. The number of aromatic amines is 1. The van der Waals surface area contributed by atoms with Crippen molar-refractivity contribution in [1.29, 1.82) is 0 Å². The number of H-pyrrole nitrogens is 1. The minimum atomic E-state index is -0.0624. The molecule has 1 saturated heterocycles. The number of nitrogens with one attached hydrogen (secondary N) is 2. The van der Waals surface area contributed by atoms with Crippen molar-refractivity contribution in [3.63, 3.8) is 0 Å². The summed E-state index contributed by atoms with van der Waals surface area (Å²) < 4.78 is 2.05. The Balaban J connectivity index is 1.39. The molecule has 1 aliphatic rings. The zero-order chi connectivity index (χ0) is 21.5. The Morgan fingerprint density at radius 2 is 1.90 bits per heavy atom. The minimum absolute atomic E-state index is 0.000474. The molecule has 2 heterocycles. The highest BCUT2D eigenvalue weighted by Gasteiger charge is 2.22. The first kappa shape index (κ1) is 22.2. The van der Waals surface area contributed by atoms with Gasteiger partial charge in [-0.3, -0.25) is 19.0 Å². The number of piperidine rings is 1. The molecule has 1 aromatic carbocycles. The first-order valence-corrected chi connectivity index (χ1v) is 11.1. The van der Waals surface area contributed by atoms with Crippen molar-refractivity contribution in [3.8, 4) is 0 Å². The van der Waals surface area contributed by atoms with Crippen molar-refractivity contribution in [1.82, 2.24) is 19.8 Å². The number of fused-ring (bicyclic) bond motifs is 1. The first-order valence-electron chi connectivity index (χ1n) is 10.7. The van der Waals surface area contributed by atoms with Gasteiger partial charge in [0.05, 0.1) is 10.9 Å². The molecule has 3 rings (SSSR count). The smallest absolute Gasteiger partial charge is 0.262 e. The average Bonchev–Trinajstić information content (AvgIpc) is 2.74. The van der Waals surface area contributed by atoms with E-state index in [1.165, 1.54) is 6.92 Å². The van der Waals surface area contributed by atoms with E-state index in [1.807, 2.05) is 23.1 Å². The molecule has 0 unspecified atom stereocenters. The van der Waals surface area contributed by atoms with Crippen LogP contribution in [0.1, 0.15) is 45.4 Å². The summed E-state index contributed by atoms with van der Waals surface area (Å²) in [5, 5.41) is 3.50. The van der Waals surface area contributed by atoms with Crippen molar-refractivity contribution in [2.45, 2.75) is 52.0 Å². The van der Waals surface area contributed by atoms with E-state index in [9.17, 15) is 14.4 Å². The minimum Gasteiger partial charge on any atom is -0.356 e. The Morgan fingerprint density at radius 3 is 2.63 bits per heavy atom. The van der Waals surface area contributed by atoms with Crippen molar-refractivity contribution in [2.24, 2.45) is 5.92 Å². The maximum atomic E-state index is 12.6. The zero-order valence-electron chi connectivity index (χ0n) is 17.5. The lowest BCUT2D eigenvalue weighted by Gasteiger charge is -2.32. The molecule has 162 valence electrons. The molecule has 30 heavy (non-hydrogen) atoms. The van der Waals surface area contributed by atoms with Gasteiger partial charge >= 0.3 is 0 Å². The Hall–Kier alpha value is -2.48. The maximum absolute atomic E-state index is 12.6. The van der Waals surface area contributed by atoms with E-state index in [0.29, 0.717) is 35.6 Å². The second kappa shape index (κ2) is 10.5. The van der Waals surface area contributed by atoms with Crippen molar-refractivity contribution in [2.75, 3.05) is 19.6 Å². The van der Waals surface area contributed by atoms with Gasteiger partial charge in [-0.15, -0.1) is 0 Å². The molecule has 0 bridgehead atoms. The van der Waals surface area contributed by atoms with Gasteiger partial charge in [-0.2, -0.15) is 0 Å². The summed E-state index contributed by atoms with van der Waals surface area (Å²) in [5.41, 5.74) is 0.697. The van der Waals surface area contributed by atoms with E-state index < -0.39 is 0 Å². The largest absolute Gasteiger partial charge is 0.356 e. The van der Waals surface area contributed by atoms with Crippen LogP contribution in [0.3, 0.4) is 0 Å². The monoisotopic (exact) mass is 430 g/mol. The molecular formula is C22H30N4O3S. The highest BCUT2D eigenvalue weighted by atomic mass is 32.1. The van der Waals surface area contributed by atoms with Crippen LogP contribution in [0.25, 0.3) is 10.9 Å². The highest BCUT2D eigenvalue weighted by Crippen LogP contribution is 2.18. The third-order valence-electron chi connectivity index (χ3n) is 5.77. The van der Waals surface area contributed by atoms with E-state index in [-0.39, 0.29) is 17.4 Å². The molecule has 1 aromatic heterocycles. The van der Waals surface area contributed by atoms with Crippen LogP contribution in [0.4, 0.5) is 0 Å². The number of rotatable bonds is 8. The number of para-hydroxylation sites is 1. The number of likely N-dealkylation sites (tertiary alicyclic amines) is 1. The SMILES string of the molecule is CC(=O)NCC1CCN(C(=O)CCCCCn2c(=S)[nH]c3ccccc3c2=O)CC1. The quantitative estimate of drug-likeness (QED) is 0.498. The summed E-state index contributed by atoms with van der Waals surface area (Å²) in [5.74, 6) is 0.663. The number of nitrogens with zero attached hydrogens (tertiary/aromatic N) is 2. The number of amides is 2. The number of benzene rings is 1. The van der Waals surface area contributed by atoms with Gasteiger partial charge in [0.25, 0.3) is 5.56 Å². The van der Waals surface area contributed by atoms with Crippen LogP contribution in [0.15, 0.2) is 29.1 Å². The summed E-state index contributed by atoms with van der Waals surface area (Å²) >= 11 is 5.34. The first-order chi connectivity index (χ1) is 14.5. The van der Waals surface area contributed by atoms with Gasteiger partial charge in [0, 0.05) is 39.5 Å². The fourth-order valence-corrected chi connectivity index (χ4v) is 4.24. The second-order valence-corrected chi connectivity index (χ2v) is 8.39. The van der Waals surface area contributed by atoms with Crippen LogP contribution in [0, 0.1) is 10.7 Å². The van der Waals surface area contributed by atoms with Gasteiger partial charge in [-0.25, -0.2) is 0 Å². The van der Waals surface area contributed by atoms with Crippen molar-refractivity contribution >= 4 is 34.9 Å². The van der Waals surface area contributed by atoms with Crippen LogP contribution in [0.5, 0.6) is 0 Å². The molecule has 2 aromatic rings. The van der Waals surface area contributed by atoms with E-state index in [0.717, 1.165) is 50.7 Å². The van der Waals surface area contributed by atoms with Gasteiger partial charge < -0.3 is 15.2 Å². The summed E-state index contributed by atoms with van der Waals surface area (Å²) in [6.07, 6.45) is 4.91. The van der Waals surface area contributed by atoms with E-state index in [4.69, 9.17) is 12.2 Å². The maximum Gasteiger partial charge on any atom is 0.262 e. The lowest BCUT2D eigenvalue weighted by atomic mass is 9.96. The summed E-state index contributed by atoms with van der Waals surface area (Å²) in [6.45, 7) is 4.33. The second-order valence-electron chi connectivity index (χ2n) is 8.00. The fourth-order valence-electron chi connectivity index (χ4n) is 3.96. The average molecular weight is 431 g/mol. The standard InChI is InChI=1S/C22H30N4O3S/c1-16(27)23-15-17-10-13-25(14-11-17)20(28)9-3-2-6-12-26-21(29)18-7-4-5-8-19(18)24-22(26)30/h4-5,7-8,17H,2-3,6,9-15H2,1H3,(H,23,27)(H,24,30). The molecule has 2 N–H and O–H groups in total. The van der Waals surface area contributed by atoms with Gasteiger partial charge in [0.1, 0.15) is 0 Å². The van der Waals surface area contributed by atoms with Crippen LogP contribution in [-0.2, 0) is 16.1 Å². The van der Waals surface area contributed by atoms with Crippen LogP contribution in [-0.4, -0.2) is 45.9 Å². The van der Waals surface area contributed by atoms with Crippen LogP contribution < -0.4 is 10.9 Å². The molecule has 8 heteroatoms. The Kier molecular flexibility index (Phi) is 7.79. The van der Waals surface area contributed by atoms with Gasteiger partial charge in [0.2, 0.25) is 11.8 Å². The third-order valence-corrected chi connectivity index (χ3v) is 6.09. The molecule has 0 saturated carbocycles. The molecule has 0 aliphatic carbocycles. The highest BCUT2D eigenvalue weighted by molar-refractivity contribution is 7.71. The Morgan fingerprint density at radius 1 is 1.17 bits per heavy atom. The topological polar surface area (TPSA) is 87.2 Å². The van der Waals surface area contributed by atoms with E-state index in [2.05, 4.69) is 10.3 Å². The van der Waals surface area contributed by atoms with Gasteiger partial charge in [0.15, 0.2) is 4.77 Å². The molecule has 0 spiro atoms. The molecule has 0 radical (unpaired) electrons. The third kappa shape index (κ3) is 5.78. The molecule has 7 nitrogen and oxygen atoms in total. The number of hydrogen-bond donors (Lipinski definition) is 2. The molecule has 0 atom stereocenters. The number of carbonyl (C=O) groups excluding carboxylic acids is 2. The zero-order valence-corrected chi connectivity index (χ0v) is 18.3. The summed E-state index contributed by atoms with van der Waals surface area (Å²) in [4.78, 5) is 41.1.